The Morgan fingerprint density at radius 1 is 1.31 bits per heavy atom. The average molecular weight is 513 g/mol. The summed E-state index contributed by atoms with van der Waals surface area (Å²) in [6, 6.07) is 10.8. The molecule has 186 valence electrons. The van der Waals surface area contributed by atoms with Crippen LogP contribution in [0.15, 0.2) is 50.5 Å². The summed E-state index contributed by atoms with van der Waals surface area (Å²) in [6.45, 7) is 0.0306. The standard InChI is InChI=1S/C22H20N6O7S/c23-9-10-35-16-8-7-14-20(18(16)28(31)32)36(33,34)26-21(25-14)17-19(29)13-3-1-2-4-15(13)27(22(17)30)24-11-12-5-6-12/h1-4,7-8,12,24,29,33-34H,5-6,10-11H2,(H,25,26). The van der Waals surface area contributed by atoms with Crippen molar-refractivity contribution in [3.8, 4) is 17.6 Å². The van der Waals surface area contributed by atoms with Crippen LogP contribution in [0.25, 0.3) is 10.9 Å². The van der Waals surface area contributed by atoms with E-state index in [1.165, 1.54) is 16.8 Å². The molecule has 0 unspecified atom stereocenters. The molecule has 0 saturated heterocycles. The number of nitro benzene ring substituents is 1. The number of amidine groups is 1. The summed E-state index contributed by atoms with van der Waals surface area (Å²) >= 11 is 0. The molecule has 1 fully saturated rings. The molecule has 1 saturated carbocycles. The van der Waals surface area contributed by atoms with Crippen LogP contribution in [-0.4, -0.2) is 42.8 Å². The number of nitrogens with zero attached hydrogens (tertiary/aromatic N) is 4. The van der Waals surface area contributed by atoms with Gasteiger partial charge in [-0.1, -0.05) is 22.9 Å². The molecule has 0 spiro atoms. The number of aromatic hydroxyl groups is 1. The third-order valence-electron chi connectivity index (χ3n) is 5.84. The van der Waals surface area contributed by atoms with Crippen molar-refractivity contribution in [2.24, 2.45) is 10.3 Å². The first-order valence-electron chi connectivity index (χ1n) is 10.8. The Kier molecular flexibility index (Phi) is 5.67. The number of hydrogen-bond acceptors (Lipinski definition) is 11. The molecule has 1 aliphatic carbocycles. The molecule has 0 bridgehead atoms. The predicted octanol–water partition coefficient (Wildman–Crippen LogP) is 3.37. The number of nitrogens with one attached hydrogen (secondary N) is 2. The highest BCUT2D eigenvalue weighted by Gasteiger charge is 2.39. The molecule has 1 aliphatic heterocycles. The average Bonchev–Trinajstić information content (AvgIpc) is 3.66. The minimum Gasteiger partial charge on any atom is -0.506 e. The highest BCUT2D eigenvalue weighted by atomic mass is 32.3. The van der Waals surface area contributed by atoms with Crippen molar-refractivity contribution in [1.82, 2.24) is 4.68 Å². The molecule has 2 aromatic carbocycles. The maximum Gasteiger partial charge on any atom is 0.337 e. The number of fused-ring (bicyclic) bond motifs is 2. The van der Waals surface area contributed by atoms with E-state index in [4.69, 9.17) is 10.00 Å². The van der Waals surface area contributed by atoms with Crippen LogP contribution in [0, 0.1) is 27.4 Å². The molecular formula is C22H20N6O7S. The fraction of sp³-hybridized carbons (Fsp3) is 0.227. The molecule has 0 atom stereocenters. The first-order valence-corrected chi connectivity index (χ1v) is 12.3. The fourth-order valence-corrected chi connectivity index (χ4v) is 5.33. The van der Waals surface area contributed by atoms with Gasteiger partial charge in [0.2, 0.25) is 5.75 Å². The van der Waals surface area contributed by atoms with Gasteiger partial charge in [-0.2, -0.15) is 5.26 Å². The minimum absolute atomic E-state index is 0.111. The number of nitriles is 1. The van der Waals surface area contributed by atoms with E-state index >= 15 is 0 Å². The van der Waals surface area contributed by atoms with Gasteiger partial charge >= 0.3 is 5.69 Å². The summed E-state index contributed by atoms with van der Waals surface area (Å²) in [5.41, 5.74) is 1.58. The second-order valence-corrected chi connectivity index (χ2v) is 9.89. The van der Waals surface area contributed by atoms with Gasteiger partial charge in [0, 0.05) is 11.9 Å². The number of anilines is 1. The molecule has 36 heavy (non-hydrogen) atoms. The van der Waals surface area contributed by atoms with Crippen LogP contribution >= 0.6 is 10.8 Å². The van der Waals surface area contributed by atoms with E-state index in [-0.39, 0.29) is 22.8 Å². The van der Waals surface area contributed by atoms with Crippen LogP contribution in [0.1, 0.15) is 18.4 Å². The lowest BCUT2D eigenvalue weighted by Crippen LogP contribution is -2.36. The van der Waals surface area contributed by atoms with Gasteiger partial charge in [-0.05, 0) is 43.0 Å². The van der Waals surface area contributed by atoms with Gasteiger partial charge in [-0.15, -0.1) is 4.40 Å². The van der Waals surface area contributed by atoms with Gasteiger partial charge in [-0.3, -0.25) is 24.0 Å². The Hall–Kier alpha value is -4.32. The molecule has 0 radical (unpaired) electrons. The fourth-order valence-electron chi connectivity index (χ4n) is 4.00. The van der Waals surface area contributed by atoms with Crippen molar-refractivity contribution in [1.29, 1.82) is 5.26 Å². The summed E-state index contributed by atoms with van der Waals surface area (Å²) in [5.74, 6) is -0.720. The topological polar surface area (TPSA) is 195 Å². The van der Waals surface area contributed by atoms with E-state index in [1.54, 1.807) is 30.3 Å². The number of hydrogen-bond donors (Lipinski definition) is 5. The number of ether oxygens (including phenoxy) is 1. The molecule has 1 aromatic heterocycles. The number of aromatic nitrogens is 1. The second kappa shape index (κ2) is 8.72. The van der Waals surface area contributed by atoms with Gasteiger partial charge in [0.25, 0.3) is 5.56 Å². The highest BCUT2D eigenvalue weighted by molar-refractivity contribution is 8.23. The Balaban J connectivity index is 1.68. The number of rotatable bonds is 7. The zero-order valence-electron chi connectivity index (χ0n) is 18.5. The highest BCUT2D eigenvalue weighted by Crippen LogP contribution is 2.61. The van der Waals surface area contributed by atoms with Gasteiger partial charge in [-0.25, -0.2) is 4.68 Å². The molecule has 13 nitrogen and oxygen atoms in total. The third kappa shape index (κ3) is 3.94. The van der Waals surface area contributed by atoms with Crippen molar-refractivity contribution in [3.63, 3.8) is 0 Å². The van der Waals surface area contributed by atoms with Crippen molar-refractivity contribution in [2.75, 3.05) is 23.9 Å². The van der Waals surface area contributed by atoms with Crippen LogP contribution < -0.4 is 21.0 Å². The number of benzene rings is 2. The molecule has 0 amide bonds. The van der Waals surface area contributed by atoms with E-state index in [0.717, 1.165) is 12.8 Å². The lowest BCUT2D eigenvalue weighted by Gasteiger charge is -2.34. The lowest BCUT2D eigenvalue weighted by molar-refractivity contribution is -0.388. The van der Waals surface area contributed by atoms with E-state index < -0.39 is 44.2 Å². The first kappa shape index (κ1) is 23.4. The molecule has 5 rings (SSSR count). The molecule has 5 N–H and O–H groups in total. The Bertz CT molecular complexity index is 1540. The first-order chi connectivity index (χ1) is 17.2. The largest absolute Gasteiger partial charge is 0.506 e. The van der Waals surface area contributed by atoms with E-state index in [2.05, 4.69) is 15.1 Å². The zero-order valence-corrected chi connectivity index (χ0v) is 19.4. The number of para-hydroxylation sites is 1. The van der Waals surface area contributed by atoms with E-state index in [0.29, 0.717) is 23.4 Å². The molecule has 14 heteroatoms. The third-order valence-corrected chi connectivity index (χ3v) is 7.24. The SMILES string of the molecule is N#CCOc1ccc2c(c1[N+](=O)[O-])S(O)(O)N=C(c1c(O)c3ccccc3n(NCC3CC3)c1=O)N2. The summed E-state index contributed by atoms with van der Waals surface area (Å²) in [6.07, 6.45) is 2.07. The lowest BCUT2D eigenvalue weighted by atomic mass is 10.1. The van der Waals surface area contributed by atoms with Crippen molar-refractivity contribution < 1.29 is 23.9 Å². The van der Waals surface area contributed by atoms with E-state index in [1.807, 2.05) is 0 Å². The predicted molar refractivity (Wildman–Crippen MR) is 132 cm³/mol. The quantitative estimate of drug-likeness (QED) is 0.231. The van der Waals surface area contributed by atoms with Crippen molar-refractivity contribution in [3.05, 3.63) is 62.4 Å². The monoisotopic (exact) mass is 512 g/mol. The number of pyridine rings is 1. The van der Waals surface area contributed by atoms with Crippen LogP contribution in [0.2, 0.25) is 0 Å². The Morgan fingerprint density at radius 2 is 2.06 bits per heavy atom. The zero-order chi connectivity index (χ0) is 25.6. The second-order valence-electron chi connectivity index (χ2n) is 8.26. The van der Waals surface area contributed by atoms with Gasteiger partial charge in [0.15, 0.2) is 17.3 Å². The van der Waals surface area contributed by atoms with Crippen molar-refractivity contribution >= 4 is 38.9 Å². The summed E-state index contributed by atoms with van der Waals surface area (Å²) in [4.78, 5) is 23.9. The van der Waals surface area contributed by atoms with Crippen LogP contribution in [0.3, 0.4) is 0 Å². The number of nitro groups is 1. The van der Waals surface area contributed by atoms with Crippen LogP contribution in [0.5, 0.6) is 11.5 Å². The smallest absolute Gasteiger partial charge is 0.337 e. The van der Waals surface area contributed by atoms with Crippen LogP contribution in [-0.2, 0) is 0 Å². The Labute approximate surface area is 204 Å². The molecule has 2 heterocycles. The molecule has 2 aliphatic rings. The minimum atomic E-state index is -4.24. The van der Waals surface area contributed by atoms with E-state index in [9.17, 15) is 29.1 Å². The maximum absolute atomic E-state index is 13.5. The van der Waals surface area contributed by atoms with Crippen molar-refractivity contribution in [2.45, 2.75) is 17.7 Å². The Morgan fingerprint density at radius 3 is 2.75 bits per heavy atom. The molecule has 3 aromatic rings. The maximum atomic E-state index is 13.5. The van der Waals surface area contributed by atoms with Crippen LogP contribution in [0.4, 0.5) is 11.4 Å². The molecular weight excluding hydrogens is 492 g/mol. The summed E-state index contributed by atoms with van der Waals surface area (Å²) in [7, 11) is -4.24. The normalized spacial score (nSPS) is 16.8. The summed E-state index contributed by atoms with van der Waals surface area (Å²) < 4.78 is 31.9. The van der Waals surface area contributed by atoms with Gasteiger partial charge < -0.3 is 20.6 Å². The summed E-state index contributed by atoms with van der Waals surface area (Å²) in [5, 5.41) is 34.6. The van der Waals surface area contributed by atoms with Gasteiger partial charge in [0.05, 0.1) is 16.1 Å². The van der Waals surface area contributed by atoms with Gasteiger partial charge in [0.1, 0.15) is 17.4 Å².